The number of nitrogens with two attached hydrogens (primary N) is 1. The minimum absolute atomic E-state index is 0.130. The van der Waals surface area contributed by atoms with Crippen LogP contribution in [0.2, 0.25) is 0 Å². The minimum atomic E-state index is -0.596. The van der Waals surface area contributed by atoms with E-state index >= 15 is 0 Å². The predicted molar refractivity (Wildman–Crippen MR) is 72.5 cm³/mol. The lowest BCUT2D eigenvalue weighted by atomic mass is 9.92. The van der Waals surface area contributed by atoms with Gasteiger partial charge >= 0.3 is 0 Å². The number of nitrogens with zero attached hydrogens (tertiary/aromatic N) is 1. The first kappa shape index (κ1) is 13.1. The number of hydrogen-bond acceptors (Lipinski definition) is 3. The highest BCUT2D eigenvalue weighted by Gasteiger charge is 2.44. The Morgan fingerprint density at radius 2 is 2.06 bits per heavy atom. The molecule has 0 aliphatic carbocycles. The van der Waals surface area contributed by atoms with Crippen molar-refractivity contribution in [2.75, 3.05) is 5.73 Å². The van der Waals surface area contributed by atoms with Gasteiger partial charge in [-0.3, -0.25) is 14.5 Å². The lowest BCUT2D eigenvalue weighted by Gasteiger charge is -2.18. The highest BCUT2D eigenvalue weighted by molar-refractivity contribution is 9.10. The summed E-state index contributed by atoms with van der Waals surface area (Å²) in [6, 6.07) is 5.44. The average Bonchev–Trinajstić information content (AvgIpc) is 2.44. The van der Waals surface area contributed by atoms with Gasteiger partial charge in [0.15, 0.2) is 0 Å². The van der Waals surface area contributed by atoms with Gasteiger partial charge in [0.25, 0.3) is 0 Å². The van der Waals surface area contributed by atoms with E-state index in [0.717, 1.165) is 10.0 Å². The lowest BCUT2D eigenvalue weighted by molar-refractivity contribution is -0.141. The van der Waals surface area contributed by atoms with Crippen molar-refractivity contribution in [1.29, 1.82) is 0 Å². The van der Waals surface area contributed by atoms with Crippen LogP contribution >= 0.6 is 15.9 Å². The molecule has 1 aromatic carbocycles. The van der Waals surface area contributed by atoms with E-state index in [1.165, 1.54) is 4.90 Å². The van der Waals surface area contributed by atoms with Crippen molar-refractivity contribution in [3.05, 3.63) is 28.2 Å². The molecule has 2 N–H and O–H groups in total. The molecule has 1 fully saturated rings. The van der Waals surface area contributed by atoms with Gasteiger partial charge in [0.1, 0.15) is 0 Å². The van der Waals surface area contributed by atoms with Gasteiger partial charge < -0.3 is 5.73 Å². The van der Waals surface area contributed by atoms with E-state index in [1.807, 2.05) is 12.1 Å². The number of amides is 2. The van der Waals surface area contributed by atoms with Crippen molar-refractivity contribution in [1.82, 2.24) is 4.90 Å². The molecule has 0 unspecified atom stereocenters. The molecule has 1 heterocycles. The molecule has 2 amide bonds. The Labute approximate surface area is 114 Å². The normalized spacial score (nSPS) is 18.5. The molecule has 96 valence electrons. The number of imide groups is 1. The van der Waals surface area contributed by atoms with Crippen molar-refractivity contribution < 1.29 is 9.59 Å². The van der Waals surface area contributed by atoms with Crippen molar-refractivity contribution in [2.45, 2.75) is 26.8 Å². The number of carbonyl (C=O) groups excluding carboxylic acids is 2. The molecule has 18 heavy (non-hydrogen) atoms. The van der Waals surface area contributed by atoms with E-state index in [-0.39, 0.29) is 24.8 Å². The fourth-order valence-corrected chi connectivity index (χ4v) is 2.45. The third kappa shape index (κ3) is 2.27. The van der Waals surface area contributed by atoms with Crippen LogP contribution in [-0.4, -0.2) is 16.7 Å². The molecular formula is C13H15BrN2O2. The molecule has 1 aliphatic rings. The molecule has 0 atom stereocenters. The maximum absolute atomic E-state index is 12.1. The number of rotatable bonds is 2. The molecule has 0 saturated carbocycles. The third-order valence-electron chi connectivity index (χ3n) is 3.15. The van der Waals surface area contributed by atoms with E-state index < -0.39 is 5.41 Å². The minimum Gasteiger partial charge on any atom is -0.398 e. The van der Waals surface area contributed by atoms with Crippen LogP contribution in [0.4, 0.5) is 5.69 Å². The van der Waals surface area contributed by atoms with Crippen LogP contribution in [0.25, 0.3) is 0 Å². The molecule has 2 rings (SSSR count). The Hall–Kier alpha value is -1.36. The van der Waals surface area contributed by atoms with Crippen molar-refractivity contribution >= 4 is 33.4 Å². The number of benzene rings is 1. The molecule has 0 radical (unpaired) electrons. The lowest BCUT2D eigenvalue weighted by Crippen LogP contribution is -2.32. The summed E-state index contributed by atoms with van der Waals surface area (Å²) < 4.78 is 0.878. The van der Waals surface area contributed by atoms with E-state index in [4.69, 9.17) is 5.73 Å². The standard InChI is InChI=1S/C13H15BrN2O2/c1-13(2)6-11(17)16(12(13)18)7-8-3-4-9(14)5-10(8)15/h3-5H,6-7,15H2,1-2H3. The van der Waals surface area contributed by atoms with Crippen LogP contribution < -0.4 is 5.73 Å². The zero-order valence-corrected chi connectivity index (χ0v) is 12.0. The molecule has 1 aromatic rings. The molecule has 1 aliphatic heterocycles. The van der Waals surface area contributed by atoms with Gasteiger partial charge in [0.2, 0.25) is 11.8 Å². The maximum atomic E-state index is 12.1. The predicted octanol–water partition coefficient (Wildman–Crippen LogP) is 2.32. The molecule has 0 aromatic heterocycles. The SMILES string of the molecule is CC1(C)CC(=O)N(Cc2ccc(Br)cc2N)C1=O. The van der Waals surface area contributed by atoms with Crippen LogP contribution in [0.3, 0.4) is 0 Å². The highest BCUT2D eigenvalue weighted by Crippen LogP contribution is 2.33. The number of nitrogen functional groups attached to an aromatic ring is 1. The van der Waals surface area contributed by atoms with Gasteiger partial charge in [-0.15, -0.1) is 0 Å². The fourth-order valence-electron chi connectivity index (χ4n) is 2.07. The van der Waals surface area contributed by atoms with Gasteiger partial charge in [-0.1, -0.05) is 35.8 Å². The van der Waals surface area contributed by atoms with Gasteiger partial charge in [0.05, 0.1) is 12.0 Å². The number of halogens is 1. The molecule has 4 nitrogen and oxygen atoms in total. The molecule has 0 spiro atoms. The summed E-state index contributed by atoms with van der Waals surface area (Å²) in [4.78, 5) is 25.2. The van der Waals surface area contributed by atoms with E-state index in [9.17, 15) is 9.59 Å². The first-order chi connectivity index (χ1) is 8.31. The van der Waals surface area contributed by atoms with Gasteiger partial charge in [-0.25, -0.2) is 0 Å². The van der Waals surface area contributed by atoms with Crippen LogP contribution in [0, 0.1) is 5.41 Å². The van der Waals surface area contributed by atoms with E-state index in [1.54, 1.807) is 19.9 Å². The summed E-state index contributed by atoms with van der Waals surface area (Å²) in [5.41, 5.74) is 6.65. The second-order valence-corrected chi connectivity index (χ2v) is 6.10. The molecule has 1 saturated heterocycles. The third-order valence-corrected chi connectivity index (χ3v) is 3.65. The zero-order chi connectivity index (χ0) is 13.5. The van der Waals surface area contributed by atoms with Gasteiger partial charge in [-0.2, -0.15) is 0 Å². The van der Waals surface area contributed by atoms with E-state index in [2.05, 4.69) is 15.9 Å². The van der Waals surface area contributed by atoms with Crippen molar-refractivity contribution in [2.24, 2.45) is 5.41 Å². The summed E-state index contributed by atoms with van der Waals surface area (Å²) in [7, 11) is 0. The summed E-state index contributed by atoms with van der Waals surface area (Å²) in [6.45, 7) is 3.83. The highest BCUT2D eigenvalue weighted by atomic mass is 79.9. The first-order valence-corrected chi connectivity index (χ1v) is 6.49. The summed E-state index contributed by atoms with van der Waals surface area (Å²) in [5.74, 6) is -0.262. The maximum Gasteiger partial charge on any atom is 0.235 e. The number of hydrogen-bond donors (Lipinski definition) is 1. The topological polar surface area (TPSA) is 63.4 Å². The zero-order valence-electron chi connectivity index (χ0n) is 10.4. The van der Waals surface area contributed by atoms with Crippen LogP contribution in [-0.2, 0) is 16.1 Å². The second-order valence-electron chi connectivity index (χ2n) is 5.19. The van der Waals surface area contributed by atoms with Crippen LogP contribution in [0.15, 0.2) is 22.7 Å². The van der Waals surface area contributed by atoms with E-state index in [0.29, 0.717) is 5.69 Å². The Morgan fingerprint density at radius 1 is 1.39 bits per heavy atom. The van der Waals surface area contributed by atoms with Crippen LogP contribution in [0.1, 0.15) is 25.8 Å². The van der Waals surface area contributed by atoms with Crippen molar-refractivity contribution in [3.63, 3.8) is 0 Å². The smallest absolute Gasteiger partial charge is 0.235 e. The Balaban J connectivity index is 2.24. The van der Waals surface area contributed by atoms with Gasteiger partial charge in [-0.05, 0) is 17.7 Å². The molecule has 5 heteroatoms. The number of carbonyl (C=O) groups is 2. The Morgan fingerprint density at radius 3 is 2.56 bits per heavy atom. The first-order valence-electron chi connectivity index (χ1n) is 5.70. The Bertz CT molecular complexity index is 526. The monoisotopic (exact) mass is 310 g/mol. The second kappa shape index (κ2) is 4.39. The largest absolute Gasteiger partial charge is 0.398 e. The molecular weight excluding hydrogens is 296 g/mol. The molecule has 0 bridgehead atoms. The number of likely N-dealkylation sites (tertiary alicyclic amines) is 1. The van der Waals surface area contributed by atoms with Gasteiger partial charge in [0, 0.05) is 16.6 Å². The summed E-state index contributed by atoms with van der Waals surface area (Å²) in [5, 5.41) is 0. The van der Waals surface area contributed by atoms with Crippen LogP contribution in [0.5, 0.6) is 0 Å². The summed E-state index contributed by atoms with van der Waals surface area (Å²) in [6.07, 6.45) is 0.266. The average molecular weight is 311 g/mol. The number of anilines is 1. The Kier molecular flexibility index (Phi) is 3.19. The van der Waals surface area contributed by atoms with Crippen molar-refractivity contribution in [3.8, 4) is 0 Å². The summed E-state index contributed by atoms with van der Waals surface area (Å²) >= 11 is 3.32. The quantitative estimate of drug-likeness (QED) is 0.673. The fraction of sp³-hybridized carbons (Fsp3) is 0.385.